The third-order valence-corrected chi connectivity index (χ3v) is 7.68. The maximum absolute atomic E-state index is 13.6. The van der Waals surface area contributed by atoms with Crippen LogP contribution in [0.4, 0.5) is 0 Å². The van der Waals surface area contributed by atoms with E-state index in [0.717, 1.165) is 0 Å². The van der Waals surface area contributed by atoms with Gasteiger partial charge in [-0.25, -0.2) is 5.84 Å². The van der Waals surface area contributed by atoms with Crippen molar-refractivity contribution >= 4 is 34.7 Å². The van der Waals surface area contributed by atoms with E-state index in [2.05, 4.69) is 11.6 Å². The minimum atomic E-state index is -2.94. The molecule has 3 aliphatic carbocycles. The Balaban J connectivity index is 0.000000343. The van der Waals surface area contributed by atoms with Gasteiger partial charge in [0.25, 0.3) is 11.8 Å². The third-order valence-electron chi connectivity index (χ3n) is 7.68. The number of pyridine rings is 1. The molecule has 0 radical (unpaired) electrons. The minimum Gasteiger partial charge on any atom is -0.508 e. The molecule has 14 nitrogen and oxygen atoms in total. The van der Waals surface area contributed by atoms with Crippen LogP contribution in [0, 0.1) is 11.8 Å². The molecule has 1 heterocycles. The van der Waals surface area contributed by atoms with Crippen LogP contribution < -0.4 is 17.0 Å². The van der Waals surface area contributed by atoms with Gasteiger partial charge in [-0.2, -0.15) is 0 Å². The van der Waals surface area contributed by atoms with Crippen LogP contribution in [-0.4, -0.2) is 90.6 Å². The van der Waals surface area contributed by atoms with Crippen LogP contribution in [-0.2, 0) is 14.4 Å². The van der Waals surface area contributed by atoms with Crippen molar-refractivity contribution in [2.24, 2.45) is 23.4 Å². The topological polar surface area (TPSA) is 250 Å². The average molecular weight is 580 g/mol. The number of fused-ring (bicyclic) bond motifs is 3. The van der Waals surface area contributed by atoms with Gasteiger partial charge in [-0.3, -0.25) is 34.5 Å². The summed E-state index contributed by atoms with van der Waals surface area (Å²) in [6, 6.07) is 6.06. The van der Waals surface area contributed by atoms with E-state index in [4.69, 9.17) is 11.6 Å². The molecule has 3 aliphatic rings. The van der Waals surface area contributed by atoms with Crippen molar-refractivity contribution in [2.75, 3.05) is 14.1 Å². The highest BCUT2D eigenvalue weighted by molar-refractivity contribution is 6.25. The number of hydrogen-bond donors (Lipinski definition) is 8. The van der Waals surface area contributed by atoms with E-state index in [1.165, 1.54) is 49.6 Å². The summed E-state index contributed by atoms with van der Waals surface area (Å²) in [5.74, 6) is -4.20. The molecule has 220 valence electrons. The molecule has 0 saturated heterocycles. The molecule has 0 spiro atoms. The van der Waals surface area contributed by atoms with Crippen LogP contribution in [0.3, 0.4) is 0 Å². The van der Waals surface area contributed by atoms with Gasteiger partial charge in [-0.1, -0.05) is 18.7 Å². The highest BCUT2D eigenvalue weighted by Gasteiger charge is 2.68. The summed E-state index contributed by atoms with van der Waals surface area (Å²) in [6.45, 7) is 3.91. The second-order valence-corrected chi connectivity index (χ2v) is 10.1. The molecule has 1 saturated carbocycles. The lowest BCUT2D eigenvalue weighted by molar-refractivity contribution is -0.166. The van der Waals surface area contributed by atoms with Gasteiger partial charge in [0.05, 0.1) is 29.2 Å². The first-order valence-corrected chi connectivity index (χ1v) is 12.5. The summed E-state index contributed by atoms with van der Waals surface area (Å²) in [5.41, 5.74) is 3.69. The smallest absolute Gasteiger partial charge is 0.265 e. The Labute approximate surface area is 238 Å². The zero-order valence-corrected chi connectivity index (χ0v) is 22.5. The number of ketones is 2. The van der Waals surface area contributed by atoms with Crippen LogP contribution in [0.25, 0.3) is 11.3 Å². The van der Waals surface area contributed by atoms with Gasteiger partial charge in [-0.05, 0) is 43.4 Å². The number of nitrogens with two attached hydrogens (primary N) is 2. The van der Waals surface area contributed by atoms with Crippen molar-refractivity contribution in [1.29, 1.82) is 0 Å². The van der Waals surface area contributed by atoms with Crippen LogP contribution in [0.1, 0.15) is 21.5 Å². The summed E-state index contributed by atoms with van der Waals surface area (Å²) >= 11 is 0. The zero-order valence-electron chi connectivity index (χ0n) is 22.5. The van der Waals surface area contributed by atoms with E-state index in [9.17, 15) is 44.7 Å². The summed E-state index contributed by atoms with van der Waals surface area (Å²) in [5, 5.41) is 54.7. The zero-order chi connectivity index (χ0) is 31.3. The normalized spacial score (nSPS) is 26.6. The number of aromatic nitrogens is 1. The molecule has 1 fully saturated rings. The van der Waals surface area contributed by atoms with E-state index in [-0.39, 0.29) is 28.4 Å². The molecule has 14 heteroatoms. The number of hydrogen-bond acceptors (Lipinski definition) is 12. The molecular weight excluding hydrogens is 550 g/mol. The Morgan fingerprint density at radius 2 is 1.71 bits per heavy atom. The molecule has 42 heavy (non-hydrogen) atoms. The molecule has 10 N–H and O–H groups in total. The molecule has 0 aliphatic heterocycles. The maximum atomic E-state index is 13.6. The Morgan fingerprint density at radius 1 is 1.10 bits per heavy atom. The van der Waals surface area contributed by atoms with Crippen molar-refractivity contribution in [1.82, 2.24) is 15.3 Å². The van der Waals surface area contributed by atoms with Crippen molar-refractivity contribution in [2.45, 2.75) is 17.7 Å². The standard InChI is InChI=1S/C22H22N2O8.C6H7N3O/c1-7-8-5-4-6-9(25)11(8)16(26)12-10(7)17(27)14-15(24(2)3)18(28)13(21(23)31)20(30)22(14,32)19(12)29;7-9-6(10)5-1-3-8-4-2-5/h4-6,10,14-15,17,25-27,30,32H,1H2,2-3H3,(H2,23,31);1-4H,7H2,(H,9,10)/t10-,14-,15+,17+,22+;/m1./s1. The summed E-state index contributed by atoms with van der Waals surface area (Å²) in [6.07, 6.45) is 1.38. The molecule has 2 amide bonds. The number of phenolic OH excluding ortho intramolecular Hbond substituents is 1. The van der Waals surface area contributed by atoms with E-state index in [1.807, 2.05) is 5.43 Å². The second-order valence-electron chi connectivity index (χ2n) is 10.1. The Kier molecular flexibility index (Phi) is 7.76. The maximum Gasteiger partial charge on any atom is 0.265 e. The SMILES string of the molecule is C=C1c2cccc(O)c2C(O)=C2C(=O)[C@]3(O)C(O)=C(C(N)=O)C(=O)[C@@H](N(C)C)[C@@H]3[C@@H](O)[C@H]12.NNC(=O)c1ccncc1. The number of primary amides is 1. The van der Waals surface area contributed by atoms with E-state index >= 15 is 0 Å². The lowest BCUT2D eigenvalue weighted by Gasteiger charge is -2.52. The van der Waals surface area contributed by atoms with Gasteiger partial charge < -0.3 is 31.3 Å². The van der Waals surface area contributed by atoms with Crippen LogP contribution in [0.2, 0.25) is 0 Å². The molecule has 1 aromatic heterocycles. The first-order chi connectivity index (χ1) is 19.7. The van der Waals surface area contributed by atoms with Crippen molar-refractivity contribution in [3.63, 3.8) is 0 Å². The number of hydrazine groups is 1. The summed E-state index contributed by atoms with van der Waals surface area (Å²) < 4.78 is 0. The molecule has 5 rings (SSSR count). The third kappa shape index (κ3) is 4.33. The first kappa shape index (κ1) is 30.1. The Morgan fingerprint density at radius 3 is 2.26 bits per heavy atom. The van der Waals surface area contributed by atoms with E-state index in [0.29, 0.717) is 5.56 Å². The van der Waals surface area contributed by atoms with Crippen molar-refractivity contribution in [3.05, 3.63) is 82.9 Å². The van der Waals surface area contributed by atoms with E-state index < -0.39 is 69.7 Å². The number of nitrogens with one attached hydrogen (secondary N) is 1. The molecule has 0 unspecified atom stereocenters. The predicted molar refractivity (Wildman–Crippen MR) is 147 cm³/mol. The first-order valence-electron chi connectivity index (χ1n) is 12.5. The van der Waals surface area contributed by atoms with E-state index in [1.54, 1.807) is 12.1 Å². The number of aliphatic hydroxyl groups is 4. The quantitative estimate of drug-likeness (QED) is 0.0952. The number of nitrogens with zero attached hydrogens (tertiary/aromatic N) is 2. The minimum absolute atomic E-state index is 0.124. The van der Waals surface area contributed by atoms with Gasteiger partial charge >= 0.3 is 0 Å². The van der Waals surface area contributed by atoms with Gasteiger partial charge in [0.1, 0.15) is 22.8 Å². The van der Waals surface area contributed by atoms with Crippen molar-refractivity contribution in [3.8, 4) is 5.75 Å². The van der Waals surface area contributed by atoms with Crippen LogP contribution >= 0.6 is 0 Å². The summed E-state index contributed by atoms with van der Waals surface area (Å²) in [7, 11) is 2.88. The summed E-state index contributed by atoms with van der Waals surface area (Å²) in [4.78, 5) is 54.3. The van der Waals surface area contributed by atoms with Gasteiger partial charge in [0.2, 0.25) is 5.78 Å². The monoisotopic (exact) mass is 579 g/mol. The number of amides is 2. The number of benzene rings is 1. The number of phenols is 1. The number of aliphatic hydroxyl groups excluding tert-OH is 3. The number of nitrogen functional groups attached to an aromatic ring is 1. The number of carbonyl (C=O) groups excluding carboxylic acids is 4. The lowest BCUT2D eigenvalue weighted by Crippen LogP contribution is -2.70. The highest BCUT2D eigenvalue weighted by atomic mass is 16.4. The largest absolute Gasteiger partial charge is 0.508 e. The molecule has 1 aromatic carbocycles. The van der Waals surface area contributed by atoms with Crippen LogP contribution in [0.5, 0.6) is 5.75 Å². The Bertz CT molecular complexity index is 1580. The Hall–Kier alpha value is -4.89. The van der Waals surface area contributed by atoms with Crippen molar-refractivity contribution < 1.29 is 44.7 Å². The number of aromatic hydroxyl groups is 1. The molecule has 0 bridgehead atoms. The number of Topliss-reactive ketones (excluding diaryl/α,β-unsaturated/α-hetero) is 2. The van der Waals surface area contributed by atoms with Gasteiger partial charge in [0, 0.05) is 23.9 Å². The molecule has 5 atom stereocenters. The number of rotatable bonds is 3. The fraction of sp³-hybridized carbons (Fsp3) is 0.250. The lowest BCUT2D eigenvalue weighted by atomic mass is 9.55. The molecule has 2 aromatic rings. The fourth-order valence-corrected chi connectivity index (χ4v) is 5.80. The van der Waals surface area contributed by atoms with Gasteiger partial charge in [0.15, 0.2) is 11.4 Å². The number of likely N-dealkylation sites (N-methyl/N-ethyl adjacent to an activating group) is 1. The average Bonchev–Trinajstić information content (AvgIpc) is 2.95. The highest BCUT2D eigenvalue weighted by Crippen LogP contribution is 2.55. The molecular formula is C28H29N5O9. The number of carbonyl (C=O) groups is 4. The van der Waals surface area contributed by atoms with Gasteiger partial charge in [-0.15, -0.1) is 0 Å². The van der Waals surface area contributed by atoms with Crippen LogP contribution in [0.15, 0.2) is 66.2 Å². The fourth-order valence-electron chi connectivity index (χ4n) is 5.80. The second kappa shape index (κ2) is 10.8. The predicted octanol–water partition coefficient (Wildman–Crippen LogP) is -0.909.